The Bertz CT molecular complexity index is 1420. The largest absolute Gasteiger partial charge is 0.494 e. The van der Waals surface area contributed by atoms with Gasteiger partial charge in [-0.3, -0.25) is 14.3 Å². The standard InChI is InChI=1S/C22H23ClN6O5S2/c1-13(19(34-4)21-25-12-17(23)35-21)36(30,31)28-22-27-26-20(14-7-6-10-24-11-14)29(22)18-15(32-2)8-5-9-16(18)33-3/h5-13,19H,1-4H3,(H,27,28). The van der Waals surface area contributed by atoms with Crippen molar-refractivity contribution in [3.63, 3.8) is 0 Å². The molecule has 0 radical (unpaired) electrons. The van der Waals surface area contributed by atoms with E-state index in [2.05, 4.69) is 24.9 Å². The van der Waals surface area contributed by atoms with E-state index in [-0.39, 0.29) is 5.95 Å². The highest BCUT2D eigenvalue weighted by molar-refractivity contribution is 7.93. The van der Waals surface area contributed by atoms with Gasteiger partial charge in [-0.2, -0.15) is 0 Å². The van der Waals surface area contributed by atoms with Crippen molar-refractivity contribution in [1.29, 1.82) is 0 Å². The second kappa shape index (κ2) is 10.8. The Labute approximate surface area is 217 Å². The summed E-state index contributed by atoms with van der Waals surface area (Å²) >= 11 is 7.15. The molecule has 14 heteroatoms. The van der Waals surface area contributed by atoms with Gasteiger partial charge in [0.2, 0.25) is 16.0 Å². The second-order valence-electron chi connectivity index (χ2n) is 7.45. The average molecular weight is 551 g/mol. The number of rotatable bonds is 10. The van der Waals surface area contributed by atoms with Gasteiger partial charge in [-0.05, 0) is 31.2 Å². The summed E-state index contributed by atoms with van der Waals surface area (Å²) in [6.45, 7) is 1.51. The summed E-state index contributed by atoms with van der Waals surface area (Å²) < 4.78 is 48.1. The number of hydrogen-bond donors (Lipinski definition) is 1. The fourth-order valence-corrected chi connectivity index (χ4v) is 5.91. The summed E-state index contributed by atoms with van der Waals surface area (Å²) in [5.41, 5.74) is 1.01. The molecule has 2 atom stereocenters. The number of hydrogen-bond acceptors (Lipinski definition) is 10. The van der Waals surface area contributed by atoms with Crippen LogP contribution in [-0.2, 0) is 14.8 Å². The molecule has 3 aromatic heterocycles. The lowest BCUT2D eigenvalue weighted by atomic mass is 10.2. The summed E-state index contributed by atoms with van der Waals surface area (Å²) in [5.74, 6) is 1.08. The average Bonchev–Trinajstić information content (AvgIpc) is 3.50. The quantitative estimate of drug-likeness (QED) is 0.311. The van der Waals surface area contributed by atoms with Crippen molar-refractivity contribution < 1.29 is 22.6 Å². The molecule has 190 valence electrons. The lowest BCUT2D eigenvalue weighted by Gasteiger charge is -2.22. The smallest absolute Gasteiger partial charge is 0.243 e. The molecule has 0 aliphatic carbocycles. The third kappa shape index (κ3) is 5.00. The molecular formula is C22H23ClN6O5S2. The minimum absolute atomic E-state index is 0.0736. The van der Waals surface area contributed by atoms with E-state index < -0.39 is 21.4 Å². The van der Waals surface area contributed by atoms with Crippen LogP contribution in [0.1, 0.15) is 18.0 Å². The van der Waals surface area contributed by atoms with Crippen LogP contribution in [0.3, 0.4) is 0 Å². The van der Waals surface area contributed by atoms with Crippen molar-refractivity contribution in [3.05, 3.63) is 58.3 Å². The summed E-state index contributed by atoms with van der Waals surface area (Å²) in [6, 6.07) is 8.72. The van der Waals surface area contributed by atoms with Gasteiger partial charge in [-0.15, -0.1) is 21.5 Å². The number of ether oxygens (including phenoxy) is 3. The first-order chi connectivity index (χ1) is 17.3. The van der Waals surface area contributed by atoms with Gasteiger partial charge in [0.15, 0.2) is 5.82 Å². The normalized spacial score (nSPS) is 13.2. The zero-order valence-corrected chi connectivity index (χ0v) is 22.1. The SMILES string of the molecule is COc1cccc(OC)c1-n1c(NS(=O)(=O)C(C)C(OC)c2ncc(Cl)s2)nnc1-c1cccnc1. The van der Waals surface area contributed by atoms with Crippen LogP contribution in [0.5, 0.6) is 11.5 Å². The predicted molar refractivity (Wildman–Crippen MR) is 137 cm³/mol. The highest BCUT2D eigenvalue weighted by Gasteiger charge is 2.35. The summed E-state index contributed by atoms with van der Waals surface area (Å²) in [5, 5.41) is 7.79. The van der Waals surface area contributed by atoms with Crippen LogP contribution in [0.2, 0.25) is 4.34 Å². The molecule has 0 bridgehead atoms. The van der Waals surface area contributed by atoms with E-state index in [4.69, 9.17) is 25.8 Å². The van der Waals surface area contributed by atoms with Crippen LogP contribution in [0.25, 0.3) is 17.1 Å². The first kappa shape index (κ1) is 25.8. The van der Waals surface area contributed by atoms with Gasteiger partial charge in [-0.25, -0.2) is 13.4 Å². The Morgan fingerprint density at radius 3 is 2.33 bits per heavy atom. The zero-order chi connectivity index (χ0) is 25.9. The van der Waals surface area contributed by atoms with E-state index in [1.165, 1.54) is 39.0 Å². The number of para-hydroxylation sites is 1. The molecule has 0 spiro atoms. The molecule has 1 aromatic carbocycles. The maximum absolute atomic E-state index is 13.5. The van der Waals surface area contributed by atoms with Crippen molar-refractivity contribution in [1.82, 2.24) is 24.7 Å². The maximum atomic E-state index is 13.5. The molecule has 3 heterocycles. The van der Waals surface area contributed by atoms with Crippen molar-refractivity contribution in [2.75, 3.05) is 26.1 Å². The van der Waals surface area contributed by atoms with E-state index in [1.54, 1.807) is 42.7 Å². The van der Waals surface area contributed by atoms with Crippen molar-refractivity contribution in [2.45, 2.75) is 18.3 Å². The minimum Gasteiger partial charge on any atom is -0.494 e. The van der Waals surface area contributed by atoms with Crippen LogP contribution in [0.15, 0.2) is 48.9 Å². The number of halogens is 1. The predicted octanol–water partition coefficient (Wildman–Crippen LogP) is 3.97. The molecule has 0 saturated carbocycles. The minimum atomic E-state index is -4.07. The van der Waals surface area contributed by atoms with E-state index in [9.17, 15) is 8.42 Å². The molecule has 0 saturated heterocycles. The summed E-state index contributed by atoms with van der Waals surface area (Å²) in [4.78, 5) is 8.33. The molecule has 0 aliphatic heterocycles. The Morgan fingerprint density at radius 1 is 1.06 bits per heavy atom. The lowest BCUT2D eigenvalue weighted by molar-refractivity contribution is 0.102. The van der Waals surface area contributed by atoms with E-state index in [0.717, 1.165) is 11.3 Å². The number of aromatic nitrogens is 5. The Morgan fingerprint density at radius 2 is 1.78 bits per heavy atom. The Kier molecular flexibility index (Phi) is 7.73. The monoisotopic (exact) mass is 550 g/mol. The third-order valence-electron chi connectivity index (χ3n) is 5.35. The lowest BCUT2D eigenvalue weighted by Crippen LogP contribution is -2.32. The molecule has 1 N–H and O–H groups in total. The Hall–Kier alpha value is -3.26. The molecule has 11 nitrogen and oxygen atoms in total. The van der Waals surface area contributed by atoms with Crippen LogP contribution in [-0.4, -0.2) is 59.7 Å². The van der Waals surface area contributed by atoms with Gasteiger partial charge in [0, 0.05) is 25.1 Å². The fourth-order valence-electron chi connectivity index (χ4n) is 3.57. The zero-order valence-electron chi connectivity index (χ0n) is 19.7. The van der Waals surface area contributed by atoms with Gasteiger partial charge in [-0.1, -0.05) is 17.7 Å². The number of methoxy groups -OCH3 is 3. The number of nitrogens with zero attached hydrogens (tertiary/aromatic N) is 5. The van der Waals surface area contributed by atoms with Crippen molar-refractivity contribution >= 4 is 38.9 Å². The number of pyridine rings is 1. The van der Waals surface area contributed by atoms with Gasteiger partial charge < -0.3 is 14.2 Å². The number of thiazole rings is 1. The third-order valence-corrected chi connectivity index (χ3v) is 8.22. The number of nitrogens with one attached hydrogen (secondary N) is 1. The molecular weight excluding hydrogens is 528 g/mol. The van der Waals surface area contributed by atoms with Gasteiger partial charge >= 0.3 is 0 Å². The molecule has 0 fully saturated rings. The number of benzene rings is 1. The van der Waals surface area contributed by atoms with Gasteiger partial charge in [0.1, 0.15) is 37.9 Å². The number of anilines is 1. The van der Waals surface area contributed by atoms with Crippen LogP contribution in [0.4, 0.5) is 5.95 Å². The molecule has 36 heavy (non-hydrogen) atoms. The van der Waals surface area contributed by atoms with E-state index in [1.807, 2.05) is 0 Å². The van der Waals surface area contributed by atoms with E-state index >= 15 is 0 Å². The highest BCUT2D eigenvalue weighted by atomic mass is 35.5. The molecule has 0 amide bonds. The molecule has 2 unspecified atom stereocenters. The topological polar surface area (TPSA) is 130 Å². The molecule has 4 rings (SSSR count). The van der Waals surface area contributed by atoms with Crippen LogP contribution >= 0.6 is 22.9 Å². The van der Waals surface area contributed by atoms with Crippen LogP contribution < -0.4 is 14.2 Å². The fraction of sp³-hybridized carbons (Fsp3) is 0.273. The molecule has 4 aromatic rings. The highest BCUT2D eigenvalue weighted by Crippen LogP contribution is 2.38. The van der Waals surface area contributed by atoms with Gasteiger partial charge in [0.25, 0.3) is 0 Å². The van der Waals surface area contributed by atoms with Crippen LogP contribution in [0, 0.1) is 0 Å². The van der Waals surface area contributed by atoms with Crippen molar-refractivity contribution in [2.24, 2.45) is 0 Å². The van der Waals surface area contributed by atoms with E-state index in [0.29, 0.717) is 37.9 Å². The maximum Gasteiger partial charge on any atom is 0.243 e. The summed E-state index contributed by atoms with van der Waals surface area (Å²) in [6.07, 6.45) is 3.80. The van der Waals surface area contributed by atoms with Gasteiger partial charge in [0.05, 0.1) is 20.4 Å². The second-order valence-corrected chi connectivity index (χ2v) is 11.2. The summed E-state index contributed by atoms with van der Waals surface area (Å²) in [7, 11) is 0.339. The van der Waals surface area contributed by atoms with Crippen molar-refractivity contribution in [3.8, 4) is 28.6 Å². The number of sulfonamides is 1. The Balaban J connectivity index is 1.84. The molecule has 0 aliphatic rings. The first-order valence-electron chi connectivity index (χ1n) is 10.5. The first-order valence-corrected chi connectivity index (χ1v) is 13.3.